The minimum absolute atomic E-state index is 0.0936. The molecule has 0 aliphatic carbocycles. The van der Waals surface area contributed by atoms with Crippen LogP contribution in [0.3, 0.4) is 0 Å². The van der Waals surface area contributed by atoms with Gasteiger partial charge in [-0.05, 0) is 36.8 Å². The number of aryl methyl sites for hydroxylation is 1. The van der Waals surface area contributed by atoms with Gasteiger partial charge >= 0.3 is 0 Å². The van der Waals surface area contributed by atoms with Gasteiger partial charge in [-0.2, -0.15) is 0 Å². The maximum atomic E-state index is 12.0. The predicted octanol–water partition coefficient (Wildman–Crippen LogP) is 4.13. The van der Waals surface area contributed by atoms with Crippen molar-refractivity contribution < 1.29 is 9.21 Å². The molecule has 0 N–H and O–H groups in total. The molecule has 0 unspecified atom stereocenters. The highest BCUT2D eigenvalue weighted by molar-refractivity contribution is 7.99. The van der Waals surface area contributed by atoms with Crippen molar-refractivity contribution >= 4 is 29.3 Å². The standard InChI is InChI=1S/C16H18ClNO2S/c1-12-6-7-15(20-12)9-18(2)16(19)11-21-10-13-4-3-5-14(17)8-13/h3-8H,9-11H2,1-2H3. The summed E-state index contributed by atoms with van der Waals surface area (Å²) in [5.41, 5.74) is 1.13. The number of halogens is 1. The molecule has 0 saturated carbocycles. The molecule has 21 heavy (non-hydrogen) atoms. The highest BCUT2D eigenvalue weighted by Crippen LogP contribution is 2.17. The van der Waals surface area contributed by atoms with Crippen molar-refractivity contribution in [2.75, 3.05) is 12.8 Å². The molecule has 5 heteroatoms. The average molecular weight is 324 g/mol. The van der Waals surface area contributed by atoms with E-state index in [1.54, 1.807) is 23.7 Å². The molecule has 0 radical (unpaired) electrons. The van der Waals surface area contributed by atoms with E-state index in [0.717, 1.165) is 27.9 Å². The van der Waals surface area contributed by atoms with Crippen molar-refractivity contribution in [1.82, 2.24) is 4.90 Å². The molecule has 1 aromatic carbocycles. The Morgan fingerprint density at radius 1 is 1.33 bits per heavy atom. The molecule has 112 valence electrons. The van der Waals surface area contributed by atoms with Crippen molar-refractivity contribution in [2.24, 2.45) is 0 Å². The highest BCUT2D eigenvalue weighted by atomic mass is 35.5. The van der Waals surface area contributed by atoms with E-state index in [1.165, 1.54) is 0 Å². The maximum Gasteiger partial charge on any atom is 0.232 e. The second kappa shape index (κ2) is 7.57. The molecule has 1 aromatic heterocycles. The lowest BCUT2D eigenvalue weighted by molar-refractivity contribution is -0.127. The highest BCUT2D eigenvalue weighted by Gasteiger charge is 2.11. The fourth-order valence-corrected chi connectivity index (χ4v) is 3.01. The van der Waals surface area contributed by atoms with Gasteiger partial charge in [-0.15, -0.1) is 11.8 Å². The lowest BCUT2D eigenvalue weighted by Crippen LogP contribution is -2.27. The summed E-state index contributed by atoms with van der Waals surface area (Å²) in [6.07, 6.45) is 0. The minimum atomic E-state index is 0.0936. The van der Waals surface area contributed by atoms with E-state index in [1.807, 2.05) is 43.3 Å². The van der Waals surface area contributed by atoms with E-state index in [-0.39, 0.29) is 5.91 Å². The van der Waals surface area contributed by atoms with Crippen molar-refractivity contribution in [3.8, 4) is 0 Å². The van der Waals surface area contributed by atoms with E-state index in [2.05, 4.69) is 0 Å². The van der Waals surface area contributed by atoms with Crippen LogP contribution in [0.1, 0.15) is 17.1 Å². The smallest absolute Gasteiger partial charge is 0.232 e. The van der Waals surface area contributed by atoms with Gasteiger partial charge in [0.1, 0.15) is 11.5 Å². The van der Waals surface area contributed by atoms with E-state index in [0.29, 0.717) is 12.3 Å². The van der Waals surface area contributed by atoms with Crippen LogP contribution < -0.4 is 0 Å². The Balaban J connectivity index is 1.76. The van der Waals surface area contributed by atoms with Gasteiger partial charge in [-0.3, -0.25) is 4.79 Å². The number of furan rings is 1. The van der Waals surface area contributed by atoms with Crippen LogP contribution in [0.15, 0.2) is 40.8 Å². The first kappa shape index (κ1) is 16.0. The number of rotatable bonds is 6. The Kier molecular flexibility index (Phi) is 5.76. The summed E-state index contributed by atoms with van der Waals surface area (Å²) < 4.78 is 5.48. The van der Waals surface area contributed by atoms with E-state index >= 15 is 0 Å². The summed E-state index contributed by atoms with van der Waals surface area (Å²) in [5, 5.41) is 0.727. The first-order valence-electron chi connectivity index (χ1n) is 6.66. The normalized spacial score (nSPS) is 10.6. The average Bonchev–Trinajstić information content (AvgIpc) is 2.84. The van der Waals surface area contributed by atoms with Crippen molar-refractivity contribution in [1.29, 1.82) is 0 Å². The quantitative estimate of drug-likeness (QED) is 0.801. The van der Waals surface area contributed by atoms with Gasteiger partial charge < -0.3 is 9.32 Å². The number of amides is 1. The fraction of sp³-hybridized carbons (Fsp3) is 0.312. The third kappa shape index (κ3) is 5.14. The molecule has 0 fully saturated rings. The molecular weight excluding hydrogens is 306 g/mol. The molecule has 2 aromatic rings. The van der Waals surface area contributed by atoms with Crippen LogP contribution in [0.4, 0.5) is 0 Å². The Morgan fingerprint density at radius 2 is 2.14 bits per heavy atom. The zero-order valence-corrected chi connectivity index (χ0v) is 13.7. The lowest BCUT2D eigenvalue weighted by Gasteiger charge is -2.15. The van der Waals surface area contributed by atoms with Gasteiger partial charge in [0.05, 0.1) is 12.3 Å². The number of hydrogen-bond donors (Lipinski definition) is 0. The summed E-state index contributed by atoms with van der Waals surface area (Å²) in [4.78, 5) is 13.7. The summed E-state index contributed by atoms with van der Waals surface area (Å²) in [5.74, 6) is 2.99. The zero-order chi connectivity index (χ0) is 15.2. The fourth-order valence-electron chi connectivity index (χ4n) is 1.89. The van der Waals surface area contributed by atoms with Crippen LogP contribution in [0, 0.1) is 6.92 Å². The molecule has 0 bridgehead atoms. The second-order valence-electron chi connectivity index (χ2n) is 4.88. The monoisotopic (exact) mass is 323 g/mol. The molecule has 0 atom stereocenters. The Morgan fingerprint density at radius 3 is 2.81 bits per heavy atom. The topological polar surface area (TPSA) is 33.5 Å². The van der Waals surface area contributed by atoms with E-state index in [4.69, 9.17) is 16.0 Å². The number of carbonyl (C=O) groups excluding carboxylic acids is 1. The van der Waals surface area contributed by atoms with Crippen LogP contribution >= 0.6 is 23.4 Å². The summed E-state index contributed by atoms with van der Waals surface area (Å²) in [7, 11) is 1.79. The molecule has 1 amide bonds. The third-order valence-electron chi connectivity index (χ3n) is 3.00. The van der Waals surface area contributed by atoms with Gasteiger partial charge in [-0.25, -0.2) is 0 Å². The summed E-state index contributed by atoms with van der Waals surface area (Å²) >= 11 is 7.52. The Labute approximate surface area is 134 Å². The summed E-state index contributed by atoms with van der Waals surface area (Å²) in [6, 6.07) is 11.5. The Hall–Kier alpha value is -1.39. The van der Waals surface area contributed by atoms with Crippen LogP contribution in [-0.4, -0.2) is 23.6 Å². The van der Waals surface area contributed by atoms with Crippen LogP contribution in [0.5, 0.6) is 0 Å². The van der Waals surface area contributed by atoms with Crippen LogP contribution in [0.2, 0.25) is 5.02 Å². The predicted molar refractivity (Wildman–Crippen MR) is 87.5 cm³/mol. The van der Waals surface area contributed by atoms with Gasteiger partial charge in [0.15, 0.2) is 0 Å². The van der Waals surface area contributed by atoms with Crippen LogP contribution in [0.25, 0.3) is 0 Å². The molecule has 2 rings (SSSR count). The molecule has 3 nitrogen and oxygen atoms in total. The van der Waals surface area contributed by atoms with E-state index < -0.39 is 0 Å². The molecule has 0 aliphatic rings. The van der Waals surface area contributed by atoms with Gasteiger partial charge in [0.25, 0.3) is 0 Å². The molecule has 0 aliphatic heterocycles. The number of hydrogen-bond acceptors (Lipinski definition) is 3. The van der Waals surface area contributed by atoms with Gasteiger partial charge in [0.2, 0.25) is 5.91 Å². The molecule has 0 spiro atoms. The molecule has 1 heterocycles. The summed E-state index contributed by atoms with van der Waals surface area (Å²) in [6.45, 7) is 2.40. The van der Waals surface area contributed by atoms with Gasteiger partial charge in [-0.1, -0.05) is 23.7 Å². The van der Waals surface area contributed by atoms with Gasteiger partial charge in [0, 0.05) is 17.8 Å². The van der Waals surface area contributed by atoms with Crippen molar-refractivity contribution in [3.05, 3.63) is 58.5 Å². The zero-order valence-electron chi connectivity index (χ0n) is 12.1. The van der Waals surface area contributed by atoms with E-state index in [9.17, 15) is 4.79 Å². The SMILES string of the molecule is Cc1ccc(CN(C)C(=O)CSCc2cccc(Cl)c2)o1. The Bertz CT molecular complexity index is 612. The number of nitrogens with zero attached hydrogens (tertiary/aromatic N) is 1. The first-order valence-corrected chi connectivity index (χ1v) is 8.19. The minimum Gasteiger partial charge on any atom is -0.464 e. The number of carbonyl (C=O) groups is 1. The number of thioether (sulfide) groups is 1. The maximum absolute atomic E-state index is 12.0. The third-order valence-corrected chi connectivity index (χ3v) is 4.22. The largest absolute Gasteiger partial charge is 0.464 e. The van der Waals surface area contributed by atoms with Crippen molar-refractivity contribution in [2.45, 2.75) is 19.2 Å². The first-order chi connectivity index (χ1) is 10.0. The lowest BCUT2D eigenvalue weighted by atomic mass is 10.2. The second-order valence-corrected chi connectivity index (χ2v) is 6.31. The van der Waals surface area contributed by atoms with Crippen LogP contribution in [-0.2, 0) is 17.1 Å². The molecule has 0 saturated heterocycles. The number of benzene rings is 1. The molecular formula is C16H18ClNO2S. The van der Waals surface area contributed by atoms with Crippen molar-refractivity contribution in [3.63, 3.8) is 0 Å².